The van der Waals surface area contributed by atoms with Gasteiger partial charge in [-0.15, -0.1) is 0 Å². The number of aromatic nitrogens is 1. The summed E-state index contributed by atoms with van der Waals surface area (Å²) in [6, 6.07) is 24.6. The van der Waals surface area contributed by atoms with Gasteiger partial charge in [0.15, 0.2) is 5.76 Å². The topological polar surface area (TPSA) is 78.9 Å². The molecule has 1 aromatic heterocycles. The van der Waals surface area contributed by atoms with Crippen LogP contribution in [0.3, 0.4) is 0 Å². The molecule has 0 atom stereocenters. The molecule has 0 aliphatic heterocycles. The Labute approximate surface area is 167 Å². The van der Waals surface area contributed by atoms with Gasteiger partial charge in [-0.05, 0) is 48.4 Å². The highest BCUT2D eigenvalue weighted by Crippen LogP contribution is 2.29. The first-order valence-corrected chi connectivity index (χ1v) is 9.09. The minimum atomic E-state index is -0.452. The third-order valence-corrected chi connectivity index (χ3v) is 4.49. The monoisotopic (exact) mass is 379 g/mol. The van der Waals surface area contributed by atoms with E-state index in [0.29, 0.717) is 22.5 Å². The molecule has 4 rings (SSSR count). The summed E-state index contributed by atoms with van der Waals surface area (Å²) >= 11 is 0. The maximum atomic E-state index is 12.5. The van der Waals surface area contributed by atoms with Crippen molar-refractivity contribution in [2.75, 3.05) is 5.32 Å². The van der Waals surface area contributed by atoms with Gasteiger partial charge in [0.1, 0.15) is 17.2 Å². The number of nitrogens with zero attached hydrogens (tertiary/aromatic N) is 2. The van der Waals surface area contributed by atoms with Crippen LogP contribution in [0.5, 0.6) is 0 Å². The van der Waals surface area contributed by atoms with Crippen molar-refractivity contribution in [3.63, 3.8) is 0 Å². The van der Waals surface area contributed by atoms with E-state index in [9.17, 15) is 10.1 Å². The molecule has 29 heavy (non-hydrogen) atoms. The Morgan fingerprint density at radius 2 is 1.90 bits per heavy atom. The predicted octanol–water partition coefficient (Wildman–Crippen LogP) is 5.35. The highest BCUT2D eigenvalue weighted by atomic mass is 16.5. The second-order valence-electron chi connectivity index (χ2n) is 6.65. The highest BCUT2D eigenvalue weighted by molar-refractivity contribution is 6.10. The Morgan fingerprint density at radius 3 is 2.66 bits per heavy atom. The number of carbonyl (C=O) groups excluding carboxylic acids is 1. The van der Waals surface area contributed by atoms with Crippen molar-refractivity contribution in [3.05, 3.63) is 89.5 Å². The zero-order valence-electron chi connectivity index (χ0n) is 15.7. The molecule has 1 heterocycles. The highest BCUT2D eigenvalue weighted by Gasteiger charge is 2.13. The molecule has 3 aromatic carbocycles. The Hall–Kier alpha value is -4.17. The number of hydrogen-bond acceptors (Lipinski definition) is 4. The van der Waals surface area contributed by atoms with Gasteiger partial charge < -0.3 is 9.84 Å². The van der Waals surface area contributed by atoms with Gasteiger partial charge in [-0.3, -0.25) is 4.79 Å². The lowest BCUT2D eigenvalue weighted by Gasteiger charge is -2.05. The Bertz CT molecular complexity index is 1260. The second kappa shape index (κ2) is 7.83. The molecule has 140 valence electrons. The summed E-state index contributed by atoms with van der Waals surface area (Å²) < 4.78 is 5.51. The molecular weight excluding hydrogens is 362 g/mol. The number of nitriles is 1. The molecule has 0 saturated carbocycles. The van der Waals surface area contributed by atoms with Gasteiger partial charge in [0.05, 0.1) is 5.39 Å². The van der Waals surface area contributed by atoms with E-state index < -0.39 is 5.91 Å². The van der Waals surface area contributed by atoms with Crippen LogP contribution in [-0.4, -0.2) is 11.1 Å². The number of aryl methyl sites for hydroxylation is 1. The van der Waals surface area contributed by atoms with Crippen LogP contribution in [0.25, 0.3) is 28.3 Å². The van der Waals surface area contributed by atoms with Crippen molar-refractivity contribution < 1.29 is 9.32 Å². The van der Waals surface area contributed by atoms with Crippen molar-refractivity contribution in [2.45, 2.75) is 6.92 Å². The van der Waals surface area contributed by atoms with E-state index in [-0.39, 0.29) is 5.57 Å². The molecule has 0 bridgehead atoms. The molecule has 5 nitrogen and oxygen atoms in total. The van der Waals surface area contributed by atoms with E-state index in [1.165, 1.54) is 0 Å². The number of rotatable bonds is 4. The molecule has 4 aromatic rings. The first-order valence-electron chi connectivity index (χ1n) is 9.09. The summed E-state index contributed by atoms with van der Waals surface area (Å²) in [7, 11) is 0. The molecule has 0 aliphatic carbocycles. The summed E-state index contributed by atoms with van der Waals surface area (Å²) in [6.07, 6.45) is 1.56. The number of anilines is 1. The van der Waals surface area contributed by atoms with Crippen LogP contribution in [0.1, 0.15) is 11.1 Å². The summed E-state index contributed by atoms with van der Waals surface area (Å²) in [6.45, 7) is 1.94. The van der Waals surface area contributed by atoms with Crippen LogP contribution in [0.2, 0.25) is 0 Å². The Balaban J connectivity index is 1.67. The number of nitrogens with one attached hydrogen (secondary N) is 1. The summed E-state index contributed by atoms with van der Waals surface area (Å²) in [5.41, 5.74) is 4.03. The van der Waals surface area contributed by atoms with Crippen LogP contribution in [-0.2, 0) is 4.79 Å². The average molecular weight is 379 g/mol. The molecule has 0 fully saturated rings. The van der Waals surface area contributed by atoms with Gasteiger partial charge in [-0.2, -0.15) is 5.26 Å². The van der Waals surface area contributed by atoms with E-state index in [1.54, 1.807) is 18.2 Å². The summed E-state index contributed by atoms with van der Waals surface area (Å²) in [5, 5.41) is 17.2. The first-order chi connectivity index (χ1) is 14.1. The third kappa shape index (κ3) is 3.92. The van der Waals surface area contributed by atoms with E-state index in [2.05, 4.69) is 10.5 Å². The number of hydrogen-bond donors (Lipinski definition) is 1. The fourth-order valence-corrected chi connectivity index (χ4v) is 3.08. The van der Waals surface area contributed by atoms with Crippen molar-refractivity contribution in [2.24, 2.45) is 0 Å². The summed E-state index contributed by atoms with van der Waals surface area (Å²) in [5.74, 6) is 0.199. The lowest BCUT2D eigenvalue weighted by Crippen LogP contribution is -2.13. The maximum Gasteiger partial charge on any atom is 0.266 e. The van der Waals surface area contributed by atoms with Crippen LogP contribution in [0, 0.1) is 18.3 Å². The van der Waals surface area contributed by atoms with Gasteiger partial charge in [0.25, 0.3) is 5.91 Å². The molecule has 1 amide bonds. The zero-order valence-corrected chi connectivity index (χ0v) is 15.7. The molecule has 0 aliphatic rings. The van der Waals surface area contributed by atoms with E-state index >= 15 is 0 Å². The largest absolute Gasteiger partial charge is 0.355 e. The Morgan fingerprint density at radius 1 is 1.07 bits per heavy atom. The number of amides is 1. The number of benzene rings is 3. The lowest BCUT2D eigenvalue weighted by molar-refractivity contribution is -0.112. The molecule has 0 unspecified atom stereocenters. The van der Waals surface area contributed by atoms with Crippen molar-refractivity contribution in [3.8, 4) is 17.4 Å². The molecule has 0 spiro atoms. The smallest absolute Gasteiger partial charge is 0.266 e. The Kier molecular flexibility index (Phi) is 4.91. The van der Waals surface area contributed by atoms with Gasteiger partial charge >= 0.3 is 0 Å². The number of fused-ring (bicyclic) bond motifs is 1. The standard InChI is InChI=1S/C24H17N3O2/c1-16-6-5-9-20(12-16)26-24(28)19(15-25)13-17-10-11-22-21(14-17)23(29-27-22)18-7-3-2-4-8-18/h2-14H,1H3,(H,26,28). The van der Waals surface area contributed by atoms with Gasteiger partial charge in [-0.1, -0.05) is 53.7 Å². The van der Waals surface area contributed by atoms with E-state index in [1.807, 2.05) is 73.7 Å². The normalized spacial score (nSPS) is 11.2. The SMILES string of the molecule is Cc1cccc(NC(=O)C(C#N)=Cc2ccc3noc(-c4ccccc4)c3c2)c1. The maximum absolute atomic E-state index is 12.5. The molecule has 0 radical (unpaired) electrons. The minimum Gasteiger partial charge on any atom is -0.355 e. The van der Waals surface area contributed by atoms with Gasteiger partial charge in [0, 0.05) is 11.3 Å². The van der Waals surface area contributed by atoms with Crippen LogP contribution in [0.15, 0.2) is 82.9 Å². The van der Waals surface area contributed by atoms with Crippen molar-refractivity contribution in [1.29, 1.82) is 5.26 Å². The molecular formula is C24H17N3O2. The average Bonchev–Trinajstić information content (AvgIpc) is 3.16. The minimum absolute atomic E-state index is 0.0172. The second-order valence-corrected chi connectivity index (χ2v) is 6.65. The molecule has 1 N–H and O–H groups in total. The van der Waals surface area contributed by atoms with Crippen LogP contribution >= 0.6 is 0 Å². The van der Waals surface area contributed by atoms with E-state index in [4.69, 9.17) is 4.52 Å². The van der Waals surface area contributed by atoms with E-state index in [0.717, 1.165) is 16.5 Å². The quantitative estimate of drug-likeness (QED) is 0.383. The first kappa shape index (κ1) is 18.2. The van der Waals surface area contributed by atoms with Crippen molar-refractivity contribution >= 4 is 28.6 Å². The lowest BCUT2D eigenvalue weighted by atomic mass is 10.0. The van der Waals surface area contributed by atoms with Crippen LogP contribution < -0.4 is 5.32 Å². The fraction of sp³-hybridized carbons (Fsp3) is 0.0417. The number of carbonyl (C=O) groups is 1. The van der Waals surface area contributed by atoms with Crippen molar-refractivity contribution in [1.82, 2.24) is 5.16 Å². The third-order valence-electron chi connectivity index (χ3n) is 4.49. The fourth-order valence-electron chi connectivity index (χ4n) is 3.08. The molecule has 0 saturated heterocycles. The van der Waals surface area contributed by atoms with Gasteiger partial charge in [-0.25, -0.2) is 0 Å². The zero-order chi connectivity index (χ0) is 20.2. The van der Waals surface area contributed by atoms with Crippen LogP contribution in [0.4, 0.5) is 5.69 Å². The molecule has 5 heteroatoms. The predicted molar refractivity (Wildman–Crippen MR) is 113 cm³/mol. The van der Waals surface area contributed by atoms with Gasteiger partial charge in [0.2, 0.25) is 0 Å². The summed E-state index contributed by atoms with van der Waals surface area (Å²) in [4.78, 5) is 12.5.